The Morgan fingerprint density at radius 2 is 1.15 bits per heavy atom. The van der Waals surface area contributed by atoms with Crippen LogP contribution in [0, 0.1) is 27.7 Å². The van der Waals surface area contributed by atoms with Crippen LogP contribution < -0.4 is 20.9 Å². The molecule has 0 bridgehead atoms. The summed E-state index contributed by atoms with van der Waals surface area (Å²) in [6, 6.07) is 12.6. The summed E-state index contributed by atoms with van der Waals surface area (Å²) >= 11 is 6.04. The van der Waals surface area contributed by atoms with Crippen molar-refractivity contribution in [2.75, 3.05) is 57.3 Å². The van der Waals surface area contributed by atoms with E-state index in [0.29, 0.717) is 0 Å². The molecule has 3 N–H and O–H groups in total. The normalized spacial score (nSPS) is 16.0. The predicted molar refractivity (Wildman–Crippen MR) is 168 cm³/mol. The molecule has 0 atom stereocenters. The monoisotopic (exact) mass is 546 g/mol. The third-order valence-corrected chi connectivity index (χ3v) is 7.83. The molecule has 7 heteroatoms. The van der Waals surface area contributed by atoms with Crippen LogP contribution in [0.25, 0.3) is 21.8 Å². The first-order valence-electron chi connectivity index (χ1n) is 14.2. The first kappa shape index (κ1) is 29.2. The lowest BCUT2D eigenvalue weighted by Gasteiger charge is -2.24. The highest BCUT2D eigenvalue weighted by Gasteiger charge is 2.13. The Hall–Kier alpha value is -2.77. The first-order chi connectivity index (χ1) is 18.9. The number of anilines is 1. The van der Waals surface area contributed by atoms with Gasteiger partial charge in [-0.1, -0.05) is 11.6 Å². The number of nitrogens with zero attached hydrogens (tertiary/aromatic N) is 3. The summed E-state index contributed by atoms with van der Waals surface area (Å²) in [6.07, 6.45) is 6.15. The fourth-order valence-electron chi connectivity index (χ4n) is 4.89. The molecular weight excluding hydrogens is 504 g/mol. The number of hydrogen-bond acceptors (Lipinski definition) is 6. The van der Waals surface area contributed by atoms with Gasteiger partial charge in [0.15, 0.2) is 0 Å². The highest BCUT2D eigenvalue weighted by atomic mass is 35.5. The van der Waals surface area contributed by atoms with Crippen LogP contribution in [0.3, 0.4) is 0 Å². The van der Waals surface area contributed by atoms with Crippen molar-refractivity contribution in [3.05, 3.63) is 76.1 Å². The Kier molecular flexibility index (Phi) is 10.9. The van der Waals surface area contributed by atoms with Gasteiger partial charge in [0.25, 0.3) is 0 Å². The predicted octanol–water partition coefficient (Wildman–Crippen LogP) is 5.73. The zero-order chi connectivity index (χ0) is 27.6. The Labute approximate surface area is 238 Å². The lowest BCUT2D eigenvalue weighted by molar-refractivity contribution is 0.718. The van der Waals surface area contributed by atoms with Crippen LogP contribution in [0.5, 0.6) is 0 Å². The topological polar surface area (TPSA) is 65.1 Å². The Bertz CT molecular complexity index is 1340. The zero-order valence-corrected chi connectivity index (χ0v) is 24.7. The molecule has 4 aromatic rings. The van der Waals surface area contributed by atoms with Gasteiger partial charge in [0.1, 0.15) is 0 Å². The van der Waals surface area contributed by atoms with Crippen LogP contribution in [-0.4, -0.2) is 62.3 Å². The number of aryl methyl sites for hydroxylation is 4. The zero-order valence-electron chi connectivity index (χ0n) is 23.9. The van der Waals surface area contributed by atoms with E-state index in [1.54, 1.807) is 6.20 Å². The van der Waals surface area contributed by atoms with Gasteiger partial charge in [-0.05, 0) is 119 Å². The number of pyridine rings is 2. The number of halogens is 1. The van der Waals surface area contributed by atoms with Gasteiger partial charge in [0.2, 0.25) is 0 Å². The second-order valence-electron chi connectivity index (χ2n) is 10.5. The third-order valence-electron chi connectivity index (χ3n) is 7.50. The van der Waals surface area contributed by atoms with Gasteiger partial charge in [-0.25, -0.2) is 0 Å². The van der Waals surface area contributed by atoms with Gasteiger partial charge in [0.05, 0.1) is 16.1 Å². The van der Waals surface area contributed by atoms with E-state index in [4.69, 9.17) is 11.6 Å². The van der Waals surface area contributed by atoms with Crippen LogP contribution >= 0.6 is 11.6 Å². The van der Waals surface area contributed by atoms with Crippen LogP contribution in [0.15, 0.2) is 48.8 Å². The summed E-state index contributed by atoms with van der Waals surface area (Å²) in [5.74, 6) is 0. The van der Waals surface area contributed by atoms with Crippen molar-refractivity contribution in [1.82, 2.24) is 25.9 Å². The maximum absolute atomic E-state index is 6.04. The summed E-state index contributed by atoms with van der Waals surface area (Å²) in [6.45, 7) is 17.5. The Morgan fingerprint density at radius 1 is 0.615 bits per heavy atom. The molecule has 0 saturated carbocycles. The number of rotatable bonds is 1. The summed E-state index contributed by atoms with van der Waals surface area (Å²) < 4.78 is 0. The Morgan fingerprint density at radius 3 is 1.85 bits per heavy atom. The van der Waals surface area contributed by atoms with Crippen molar-refractivity contribution >= 4 is 39.1 Å². The number of fused-ring (bicyclic) bond motifs is 2. The molecule has 0 spiro atoms. The maximum Gasteiger partial charge on any atom is 0.0725 e. The molecule has 2 aliphatic rings. The van der Waals surface area contributed by atoms with E-state index in [0.717, 1.165) is 60.7 Å². The van der Waals surface area contributed by atoms with E-state index in [1.807, 2.05) is 12.3 Å². The van der Waals surface area contributed by atoms with Crippen LogP contribution in [-0.2, 0) is 0 Å². The quantitative estimate of drug-likeness (QED) is 0.283. The van der Waals surface area contributed by atoms with Crippen molar-refractivity contribution in [1.29, 1.82) is 0 Å². The maximum atomic E-state index is 6.04. The molecule has 2 aliphatic heterocycles. The van der Waals surface area contributed by atoms with Crippen LogP contribution in [0.4, 0.5) is 5.69 Å². The van der Waals surface area contributed by atoms with E-state index < -0.39 is 0 Å². The molecule has 6 nitrogen and oxygen atoms in total. The second-order valence-corrected chi connectivity index (χ2v) is 10.9. The highest BCUT2D eigenvalue weighted by molar-refractivity contribution is 6.35. The molecule has 2 saturated heterocycles. The molecule has 39 heavy (non-hydrogen) atoms. The average molecular weight is 547 g/mol. The molecule has 6 rings (SSSR count). The standard InChI is InChI=1S/C16H21N3.C11H10ClN.C5H12N2/c1-12-10-14-15(11-13(12)2)18-6-4-16(14)19-8-3-5-17-7-9-19;1-7-5-9-10(12)3-4-13-11(9)6-8(7)2;1-2-6-4-5-7-3-1/h4,6,10-11,17H,3,5,7-9H2,1-2H3;3-6H,1-2H3;6-7H,1-5H2. The van der Waals surface area contributed by atoms with Gasteiger partial charge in [0, 0.05) is 61.6 Å². The molecule has 0 unspecified atom stereocenters. The van der Waals surface area contributed by atoms with E-state index in [1.165, 1.54) is 59.3 Å². The summed E-state index contributed by atoms with van der Waals surface area (Å²) in [4.78, 5) is 11.3. The number of nitrogens with one attached hydrogen (secondary N) is 3. The minimum Gasteiger partial charge on any atom is -0.370 e. The first-order valence-corrected chi connectivity index (χ1v) is 14.6. The molecule has 0 radical (unpaired) electrons. The number of hydrogen-bond donors (Lipinski definition) is 3. The van der Waals surface area contributed by atoms with Gasteiger partial charge in [-0.2, -0.15) is 0 Å². The van der Waals surface area contributed by atoms with Crippen molar-refractivity contribution in [2.24, 2.45) is 0 Å². The minimum absolute atomic E-state index is 0.771. The fraction of sp³-hybridized carbons (Fsp3) is 0.438. The summed E-state index contributed by atoms with van der Waals surface area (Å²) in [5.41, 5.74) is 8.57. The molecule has 2 aromatic carbocycles. The lowest BCUT2D eigenvalue weighted by atomic mass is 10.0. The molecule has 0 aliphatic carbocycles. The van der Waals surface area contributed by atoms with Crippen molar-refractivity contribution in [3.8, 4) is 0 Å². The highest BCUT2D eigenvalue weighted by Crippen LogP contribution is 2.28. The fourth-order valence-corrected chi connectivity index (χ4v) is 5.10. The molecule has 208 valence electrons. The minimum atomic E-state index is 0.771. The van der Waals surface area contributed by atoms with Gasteiger partial charge in [-0.15, -0.1) is 0 Å². The van der Waals surface area contributed by atoms with Gasteiger partial charge >= 0.3 is 0 Å². The lowest BCUT2D eigenvalue weighted by Crippen LogP contribution is -2.28. The summed E-state index contributed by atoms with van der Waals surface area (Å²) in [7, 11) is 0. The van der Waals surface area contributed by atoms with E-state index in [2.05, 4.69) is 88.8 Å². The largest absolute Gasteiger partial charge is 0.370 e. The average Bonchev–Trinajstić information content (AvgIpc) is 3.40. The van der Waals surface area contributed by atoms with E-state index in [-0.39, 0.29) is 0 Å². The van der Waals surface area contributed by atoms with Crippen molar-refractivity contribution < 1.29 is 0 Å². The van der Waals surface area contributed by atoms with Crippen molar-refractivity contribution in [2.45, 2.75) is 40.5 Å². The molecular formula is C32H43ClN6. The van der Waals surface area contributed by atoms with E-state index >= 15 is 0 Å². The smallest absolute Gasteiger partial charge is 0.0725 e. The molecule has 4 heterocycles. The molecule has 2 fully saturated rings. The van der Waals surface area contributed by atoms with Gasteiger partial charge in [-0.3, -0.25) is 9.97 Å². The third kappa shape index (κ3) is 8.12. The second kappa shape index (κ2) is 14.6. The summed E-state index contributed by atoms with van der Waals surface area (Å²) in [5, 5.41) is 13.1. The SMILES string of the molecule is C1CNCCNC1.Cc1cc2nccc(Cl)c2cc1C.Cc1cc2nccc(N3CCCNCC3)c2cc1C. The Balaban J connectivity index is 0.000000152. The molecule has 2 aromatic heterocycles. The van der Waals surface area contributed by atoms with Crippen molar-refractivity contribution in [3.63, 3.8) is 0 Å². The van der Waals surface area contributed by atoms with Crippen LogP contribution in [0.2, 0.25) is 5.02 Å². The number of aromatic nitrogens is 2. The van der Waals surface area contributed by atoms with Crippen LogP contribution in [0.1, 0.15) is 35.1 Å². The molecule has 0 amide bonds. The van der Waals surface area contributed by atoms with E-state index in [9.17, 15) is 0 Å². The van der Waals surface area contributed by atoms with Gasteiger partial charge < -0.3 is 20.9 Å². The number of benzene rings is 2.